The Kier molecular flexibility index (Phi) is 5.95. The molecular formula is C53H40B4N4+2. The van der Waals surface area contributed by atoms with Crippen LogP contribution in [0.3, 0.4) is 0 Å². The summed E-state index contributed by atoms with van der Waals surface area (Å²) in [6.07, 6.45) is 20.2. The van der Waals surface area contributed by atoms with Crippen LogP contribution in [-0.2, 0) is 5.91 Å². The number of rotatable bonds is 8. The topological polar surface area (TPSA) is 15.9 Å². The van der Waals surface area contributed by atoms with Gasteiger partial charge in [0.2, 0.25) is 22.8 Å². The molecule has 0 saturated carbocycles. The fourth-order valence-electron chi connectivity index (χ4n) is 12.3. The second-order valence-corrected chi connectivity index (χ2v) is 19.4. The van der Waals surface area contributed by atoms with Crippen LogP contribution in [0.2, 0.25) is 50.6 Å². The third-order valence-electron chi connectivity index (χ3n) is 15.8. The molecule has 1 spiro atoms. The van der Waals surface area contributed by atoms with Crippen LogP contribution in [0, 0.1) is 0 Å². The monoisotopic (exact) mass is 776 g/mol. The summed E-state index contributed by atoms with van der Waals surface area (Å²) in [5.74, 6) is -0.755. The van der Waals surface area contributed by atoms with Crippen molar-refractivity contribution in [1.82, 2.24) is 9.13 Å². The second-order valence-electron chi connectivity index (χ2n) is 19.4. The Labute approximate surface area is 357 Å². The molecule has 16 rings (SSSR count). The molecule has 0 radical (unpaired) electrons. The van der Waals surface area contributed by atoms with Crippen LogP contribution in [0.1, 0.15) is 33.6 Å². The summed E-state index contributed by atoms with van der Waals surface area (Å²) in [6, 6.07) is 48.3. The predicted molar refractivity (Wildman–Crippen MR) is 253 cm³/mol. The van der Waals surface area contributed by atoms with Crippen molar-refractivity contribution in [3.05, 3.63) is 201 Å². The van der Waals surface area contributed by atoms with Gasteiger partial charge in [0.1, 0.15) is 0 Å². The summed E-state index contributed by atoms with van der Waals surface area (Å²) in [6.45, 7) is 2.88. The van der Waals surface area contributed by atoms with Crippen molar-refractivity contribution in [2.45, 2.75) is 56.5 Å². The quantitative estimate of drug-likeness (QED) is 0.148. The Morgan fingerprint density at radius 1 is 0.344 bits per heavy atom. The maximum Gasteiger partial charge on any atom is 0.553 e. The van der Waals surface area contributed by atoms with E-state index in [0.717, 1.165) is 26.9 Å². The highest BCUT2D eigenvalue weighted by molar-refractivity contribution is 6.83. The zero-order valence-electron chi connectivity index (χ0n) is 34.1. The minimum Gasteiger partial charge on any atom is -0.198 e. The molecule has 282 valence electrons. The minimum absolute atomic E-state index is 0.719. The number of hydrogen-bond donors (Lipinski definition) is 0. The number of allylic oxidation sites excluding steroid dienone is 4. The Balaban J connectivity index is 1.05. The first-order valence-corrected chi connectivity index (χ1v) is 23.0. The van der Waals surface area contributed by atoms with Crippen LogP contribution in [0.25, 0.3) is 22.3 Å². The Morgan fingerprint density at radius 2 is 0.672 bits per heavy atom. The molecule has 4 fully saturated rings. The molecule has 10 aliphatic heterocycles. The maximum absolute atomic E-state index is 2.74. The standard InChI is InChI=1S/C53H40B4N4/c1-9-37(54-25-26-54)10-2-33(1)49-41-17-19-43-50(34-3-11-38(12-4-34)55-27-28-55)45-21-23-47-52(36-7-15-40(16-8-36)57-31-32-57)48-24-22-46-51(35-5-13-39(14-6-35)56-29-30-56)44-20-18-42(49)59(44)53(58(41)43,60(45)47)61(46)48/h1-24H,25-32H2/q+2. The van der Waals surface area contributed by atoms with Crippen LogP contribution in [-0.4, -0.2) is 56.6 Å². The average Bonchev–Trinajstić information content (AvgIpc) is 4.13. The zero-order chi connectivity index (χ0) is 39.3. The van der Waals surface area contributed by atoms with Crippen molar-refractivity contribution in [3.63, 3.8) is 0 Å². The molecule has 0 aliphatic carbocycles. The van der Waals surface area contributed by atoms with Gasteiger partial charge in [-0.25, -0.2) is 0 Å². The molecule has 0 N–H and O–H groups in total. The van der Waals surface area contributed by atoms with Crippen molar-refractivity contribution in [1.29, 1.82) is 0 Å². The van der Waals surface area contributed by atoms with Crippen molar-refractivity contribution in [3.8, 4) is 0 Å². The van der Waals surface area contributed by atoms with Gasteiger partial charge >= 0.3 is 5.91 Å². The van der Waals surface area contributed by atoms with Crippen molar-refractivity contribution < 1.29 is 9.15 Å². The van der Waals surface area contributed by atoms with E-state index in [9.17, 15) is 0 Å². The molecule has 12 heterocycles. The molecule has 0 bridgehead atoms. The largest absolute Gasteiger partial charge is 0.553 e. The Morgan fingerprint density at radius 3 is 1.00 bits per heavy atom. The number of hydrogen-bond acceptors (Lipinski definition) is 0. The van der Waals surface area contributed by atoms with E-state index < -0.39 is 5.91 Å². The molecule has 2 aromatic heterocycles. The highest BCUT2D eigenvalue weighted by Crippen LogP contribution is 2.53. The van der Waals surface area contributed by atoms with Gasteiger partial charge in [-0.3, -0.25) is 0 Å². The smallest absolute Gasteiger partial charge is 0.198 e. The van der Waals surface area contributed by atoms with Gasteiger partial charge in [0.15, 0.2) is 26.9 Å². The van der Waals surface area contributed by atoms with E-state index in [-0.39, 0.29) is 0 Å². The molecule has 0 atom stereocenters. The molecule has 61 heavy (non-hydrogen) atoms. The molecule has 4 nitrogen and oxygen atoms in total. The van der Waals surface area contributed by atoms with Crippen molar-refractivity contribution in [2.75, 3.05) is 0 Å². The number of benzene rings is 4. The van der Waals surface area contributed by atoms with Gasteiger partial charge in [-0.2, -0.15) is 9.13 Å². The summed E-state index contributed by atoms with van der Waals surface area (Å²) < 4.78 is 10.9. The predicted octanol–water partition coefficient (Wildman–Crippen LogP) is 5.29. The highest BCUT2D eigenvalue weighted by atomic mass is 15.6. The molecule has 0 unspecified atom stereocenters. The van der Waals surface area contributed by atoms with Gasteiger partial charge in [0.25, 0.3) is 0 Å². The van der Waals surface area contributed by atoms with Gasteiger partial charge in [-0.05, 0) is 46.5 Å². The van der Waals surface area contributed by atoms with E-state index in [0.29, 0.717) is 0 Å². The molecular weight excluding hydrogens is 736 g/mol. The molecule has 4 aromatic carbocycles. The maximum atomic E-state index is 2.74. The lowest BCUT2D eigenvalue weighted by Gasteiger charge is -2.41. The third kappa shape index (κ3) is 4.17. The van der Waals surface area contributed by atoms with Gasteiger partial charge in [-0.1, -0.05) is 179 Å². The van der Waals surface area contributed by atoms with E-state index in [4.69, 9.17) is 0 Å². The fraction of sp³-hybridized carbons (Fsp3) is 0.170. The molecule has 8 heteroatoms. The summed E-state index contributed by atoms with van der Waals surface area (Å²) in [5, 5.41) is 2.53. The first-order chi connectivity index (χ1) is 30.2. The Bertz CT molecular complexity index is 3170. The minimum atomic E-state index is -0.755. The van der Waals surface area contributed by atoms with Gasteiger partial charge in [0, 0.05) is 24.3 Å². The lowest BCUT2D eigenvalue weighted by atomic mass is 9.63. The number of aromatic nitrogens is 2. The van der Waals surface area contributed by atoms with Crippen LogP contribution in [0.5, 0.6) is 0 Å². The first kappa shape index (κ1) is 32.5. The number of nitrogens with zero attached hydrogens (tertiary/aromatic N) is 4. The first-order valence-electron chi connectivity index (χ1n) is 23.0. The summed E-state index contributed by atoms with van der Waals surface area (Å²) in [4.78, 5) is 0. The lowest BCUT2D eigenvalue weighted by molar-refractivity contribution is -0.834. The second kappa shape index (κ2) is 11.2. The van der Waals surface area contributed by atoms with Crippen LogP contribution in [0.4, 0.5) is 0 Å². The van der Waals surface area contributed by atoms with Crippen LogP contribution < -0.4 is 32.5 Å². The van der Waals surface area contributed by atoms with Crippen LogP contribution >= 0.6 is 0 Å². The van der Waals surface area contributed by atoms with Gasteiger partial charge in [0.05, 0.1) is 44.4 Å². The molecule has 10 aliphatic rings. The van der Waals surface area contributed by atoms with E-state index in [1.165, 1.54) is 162 Å². The third-order valence-corrected chi connectivity index (χ3v) is 15.8. The Hall–Kier alpha value is -6.26. The average molecular weight is 776 g/mol. The zero-order valence-corrected chi connectivity index (χ0v) is 34.1. The van der Waals surface area contributed by atoms with E-state index in [2.05, 4.69) is 164 Å². The van der Waals surface area contributed by atoms with E-state index in [1.807, 2.05) is 0 Å². The SMILES string of the molecule is C1=CC2=[N+]3C1=C(c1ccc(B4CC4)cc1)c1ccc4n1C31n3c(ccc3=C(c3ccc(B5CC5)cc3)C3=[N+]1C(=C4c1ccc(B4CC4)cc1)C=C3)=C2c1ccc(B2CC2)cc1. The van der Waals surface area contributed by atoms with Gasteiger partial charge < -0.3 is 0 Å². The summed E-state index contributed by atoms with van der Waals surface area (Å²) >= 11 is 0. The normalized spacial score (nSPS) is 20.8. The summed E-state index contributed by atoms with van der Waals surface area (Å²) in [7, 11) is 0. The molecule has 0 amide bonds. The van der Waals surface area contributed by atoms with Crippen molar-refractivity contribution in [2.24, 2.45) is 0 Å². The molecule has 6 aromatic rings. The lowest BCUT2D eigenvalue weighted by Crippen LogP contribution is -2.71. The molecule has 4 saturated heterocycles. The fourth-order valence-corrected chi connectivity index (χ4v) is 12.3. The summed E-state index contributed by atoms with van der Waals surface area (Å²) in [5.41, 5.74) is 23.8. The van der Waals surface area contributed by atoms with E-state index >= 15 is 0 Å². The van der Waals surface area contributed by atoms with E-state index in [1.54, 1.807) is 0 Å². The highest BCUT2D eigenvalue weighted by Gasteiger charge is 2.73. The van der Waals surface area contributed by atoms with Crippen molar-refractivity contribution >= 4 is 82.4 Å². The van der Waals surface area contributed by atoms with Crippen LogP contribution in [0.15, 0.2) is 157 Å². The van der Waals surface area contributed by atoms with Gasteiger partial charge in [-0.15, -0.1) is 0 Å².